The maximum Gasteiger partial charge on any atom is 0.275 e. The highest BCUT2D eigenvalue weighted by atomic mass is 35.5. The van der Waals surface area contributed by atoms with Crippen LogP contribution in [0.3, 0.4) is 0 Å². The molecule has 2 aromatic rings. The summed E-state index contributed by atoms with van der Waals surface area (Å²) >= 11 is 5.86. The van der Waals surface area contributed by atoms with Crippen molar-refractivity contribution in [1.82, 2.24) is 10.0 Å². The molecule has 2 N–H and O–H groups in total. The molecule has 6 nitrogen and oxygen atoms in total. The Morgan fingerprint density at radius 3 is 2.70 bits per heavy atom. The quantitative estimate of drug-likeness (QED) is 0.716. The molecule has 0 atom stereocenters. The first-order valence-electron chi connectivity index (χ1n) is 10.0. The van der Waals surface area contributed by atoms with Gasteiger partial charge < -0.3 is 10.2 Å². The first-order chi connectivity index (χ1) is 14.4. The van der Waals surface area contributed by atoms with Crippen LogP contribution in [0, 0.1) is 0 Å². The first-order valence-corrected chi connectivity index (χ1v) is 12.0. The Morgan fingerprint density at radius 2 is 1.90 bits per heavy atom. The van der Waals surface area contributed by atoms with Gasteiger partial charge in [-0.1, -0.05) is 29.8 Å². The normalized spacial score (nSPS) is 16.8. The number of halogens is 1. The van der Waals surface area contributed by atoms with Gasteiger partial charge in [-0.25, -0.2) is 8.42 Å². The summed E-state index contributed by atoms with van der Waals surface area (Å²) in [6, 6.07) is 13.1. The molecule has 0 spiro atoms. The molecule has 0 radical (unpaired) electrons. The van der Waals surface area contributed by atoms with Crippen LogP contribution in [0.2, 0.25) is 5.02 Å². The fraction of sp³-hybridized carbons (Fsp3) is 0.318. The number of nitrogens with zero attached hydrogens (tertiary/aromatic N) is 1. The molecule has 1 amide bonds. The van der Waals surface area contributed by atoms with Gasteiger partial charge in [0, 0.05) is 23.8 Å². The van der Waals surface area contributed by atoms with Crippen molar-refractivity contribution in [2.24, 2.45) is 0 Å². The second-order valence-corrected chi connectivity index (χ2v) is 9.84. The lowest BCUT2D eigenvalue weighted by Gasteiger charge is -2.19. The Kier molecular flexibility index (Phi) is 6.13. The Balaban J connectivity index is 1.40. The summed E-state index contributed by atoms with van der Waals surface area (Å²) in [5, 5.41) is 3.99. The van der Waals surface area contributed by atoms with E-state index in [1.54, 1.807) is 35.2 Å². The van der Waals surface area contributed by atoms with Crippen LogP contribution >= 0.6 is 11.6 Å². The minimum atomic E-state index is -3.64. The number of rotatable bonds is 6. The molecule has 8 heteroatoms. The molecule has 0 saturated carbocycles. The Hall–Kier alpha value is -2.35. The minimum Gasteiger partial charge on any atom is -0.313 e. The van der Waals surface area contributed by atoms with Crippen LogP contribution in [0.1, 0.15) is 23.1 Å². The van der Waals surface area contributed by atoms with Gasteiger partial charge in [0.15, 0.2) is 0 Å². The van der Waals surface area contributed by atoms with Gasteiger partial charge in [-0.2, -0.15) is 0 Å². The van der Waals surface area contributed by atoms with E-state index in [1.165, 1.54) is 11.1 Å². The van der Waals surface area contributed by atoms with Crippen LogP contribution in [-0.2, 0) is 34.2 Å². The molecule has 0 saturated heterocycles. The lowest BCUT2D eigenvalue weighted by Crippen LogP contribution is -2.34. The third kappa shape index (κ3) is 4.86. The standard InChI is InChI=1S/C22H24ClN3O3S/c23-19-6-3-16(4-7-19)10-13-30(28,29)25-21-9-12-26(22(21)27)20-8-5-17-2-1-11-24-15-18(17)14-20/h3-9,14,24-25H,1-2,10-13,15H2. The number of benzene rings is 2. The molecule has 2 aromatic carbocycles. The number of hydrogen-bond donors (Lipinski definition) is 2. The number of hydrogen-bond acceptors (Lipinski definition) is 4. The molecule has 0 bridgehead atoms. The second-order valence-electron chi connectivity index (χ2n) is 7.56. The predicted octanol–water partition coefficient (Wildman–Crippen LogP) is 2.77. The number of amides is 1. The monoisotopic (exact) mass is 445 g/mol. The maximum absolute atomic E-state index is 12.8. The van der Waals surface area contributed by atoms with Crippen molar-refractivity contribution >= 4 is 33.2 Å². The average Bonchev–Trinajstić information content (AvgIpc) is 2.93. The third-order valence-corrected chi connectivity index (χ3v) is 6.93. The largest absolute Gasteiger partial charge is 0.313 e. The molecule has 30 heavy (non-hydrogen) atoms. The van der Waals surface area contributed by atoms with E-state index in [0.717, 1.165) is 37.2 Å². The molecule has 0 unspecified atom stereocenters. The summed E-state index contributed by atoms with van der Waals surface area (Å²) in [6.45, 7) is 2.11. The van der Waals surface area contributed by atoms with Crippen LogP contribution < -0.4 is 14.9 Å². The van der Waals surface area contributed by atoms with Crippen LogP contribution in [0.4, 0.5) is 5.69 Å². The molecular formula is C22H24ClN3O3S. The number of fused-ring (bicyclic) bond motifs is 1. The lowest BCUT2D eigenvalue weighted by atomic mass is 10.0. The summed E-state index contributed by atoms with van der Waals surface area (Å²) in [7, 11) is -3.64. The van der Waals surface area contributed by atoms with Crippen molar-refractivity contribution in [2.75, 3.05) is 23.7 Å². The molecule has 2 aliphatic heterocycles. The number of nitrogens with one attached hydrogen (secondary N) is 2. The molecule has 2 aliphatic rings. The Labute approximate surface area is 182 Å². The highest BCUT2D eigenvalue weighted by molar-refractivity contribution is 7.89. The van der Waals surface area contributed by atoms with E-state index in [2.05, 4.69) is 16.1 Å². The maximum atomic E-state index is 12.8. The first kappa shape index (κ1) is 20.9. The van der Waals surface area contributed by atoms with Crippen LogP contribution in [-0.4, -0.2) is 33.2 Å². The molecule has 0 aromatic heterocycles. The Morgan fingerprint density at radius 1 is 1.10 bits per heavy atom. The number of anilines is 1. The molecular weight excluding hydrogens is 422 g/mol. The van der Waals surface area contributed by atoms with E-state index < -0.39 is 10.0 Å². The number of carbonyl (C=O) groups excluding carboxylic acids is 1. The highest BCUT2D eigenvalue weighted by Crippen LogP contribution is 2.25. The van der Waals surface area contributed by atoms with Gasteiger partial charge in [-0.3, -0.25) is 9.52 Å². The zero-order valence-corrected chi connectivity index (χ0v) is 18.1. The molecule has 4 rings (SSSR count). The van der Waals surface area contributed by atoms with Crippen molar-refractivity contribution in [3.63, 3.8) is 0 Å². The Bertz CT molecular complexity index is 1080. The van der Waals surface area contributed by atoms with Crippen molar-refractivity contribution in [3.8, 4) is 0 Å². The van der Waals surface area contributed by atoms with Gasteiger partial charge in [0.25, 0.3) is 5.91 Å². The zero-order chi connectivity index (χ0) is 21.1. The van der Waals surface area contributed by atoms with Gasteiger partial charge in [-0.15, -0.1) is 0 Å². The number of aryl methyl sites for hydroxylation is 2. The topological polar surface area (TPSA) is 78.5 Å². The minimum absolute atomic E-state index is 0.107. The summed E-state index contributed by atoms with van der Waals surface area (Å²) < 4.78 is 27.4. The number of sulfonamides is 1. The molecule has 2 heterocycles. The SMILES string of the molecule is O=C1C(NS(=O)(=O)CCc2ccc(Cl)cc2)=CCN1c1ccc2c(c1)CNCCC2. The fourth-order valence-electron chi connectivity index (χ4n) is 3.74. The molecule has 0 aliphatic carbocycles. The summed E-state index contributed by atoms with van der Waals surface area (Å²) in [5.74, 6) is -0.435. The lowest BCUT2D eigenvalue weighted by molar-refractivity contribution is -0.114. The summed E-state index contributed by atoms with van der Waals surface area (Å²) in [4.78, 5) is 14.4. The van der Waals surface area contributed by atoms with E-state index >= 15 is 0 Å². The average molecular weight is 446 g/mol. The van der Waals surface area contributed by atoms with Crippen molar-refractivity contribution in [2.45, 2.75) is 25.8 Å². The summed E-state index contributed by atoms with van der Waals surface area (Å²) in [6.07, 6.45) is 4.09. The predicted molar refractivity (Wildman–Crippen MR) is 119 cm³/mol. The van der Waals surface area contributed by atoms with Gasteiger partial charge in [0.1, 0.15) is 5.70 Å². The van der Waals surface area contributed by atoms with Crippen molar-refractivity contribution in [3.05, 3.63) is 76.0 Å². The highest BCUT2D eigenvalue weighted by Gasteiger charge is 2.28. The second kappa shape index (κ2) is 8.79. The van der Waals surface area contributed by atoms with E-state index in [9.17, 15) is 13.2 Å². The molecule has 158 valence electrons. The van der Waals surface area contributed by atoms with Crippen molar-refractivity contribution < 1.29 is 13.2 Å². The van der Waals surface area contributed by atoms with Crippen LogP contribution in [0.25, 0.3) is 0 Å². The van der Waals surface area contributed by atoms with Crippen molar-refractivity contribution in [1.29, 1.82) is 0 Å². The smallest absolute Gasteiger partial charge is 0.275 e. The number of carbonyl (C=O) groups is 1. The summed E-state index contributed by atoms with van der Waals surface area (Å²) in [5.41, 5.74) is 4.26. The van der Waals surface area contributed by atoms with Crippen LogP contribution in [0.5, 0.6) is 0 Å². The zero-order valence-electron chi connectivity index (χ0n) is 16.5. The van der Waals surface area contributed by atoms with Gasteiger partial charge in [0.05, 0.1) is 5.75 Å². The fourth-order valence-corrected chi connectivity index (χ4v) is 4.98. The van der Waals surface area contributed by atoms with E-state index in [0.29, 0.717) is 18.0 Å². The van der Waals surface area contributed by atoms with E-state index in [1.807, 2.05) is 12.1 Å². The van der Waals surface area contributed by atoms with Gasteiger partial charge in [-0.05, 0) is 72.8 Å². The van der Waals surface area contributed by atoms with Gasteiger partial charge in [0.2, 0.25) is 10.0 Å². The van der Waals surface area contributed by atoms with Gasteiger partial charge >= 0.3 is 0 Å². The van der Waals surface area contributed by atoms with Crippen LogP contribution in [0.15, 0.2) is 54.2 Å². The van der Waals surface area contributed by atoms with E-state index in [-0.39, 0.29) is 17.4 Å². The third-order valence-electron chi connectivity index (χ3n) is 5.41. The van der Waals surface area contributed by atoms with E-state index in [4.69, 9.17) is 11.6 Å². The molecule has 0 fully saturated rings.